The van der Waals surface area contributed by atoms with Crippen LogP contribution in [0.25, 0.3) is 0 Å². The van der Waals surface area contributed by atoms with E-state index in [2.05, 4.69) is 49.7 Å². The highest BCUT2D eigenvalue weighted by atomic mass is 16.2. The van der Waals surface area contributed by atoms with Gasteiger partial charge < -0.3 is 20.0 Å². The van der Waals surface area contributed by atoms with E-state index in [0.29, 0.717) is 6.54 Å². The van der Waals surface area contributed by atoms with Gasteiger partial charge in [0.25, 0.3) is 0 Å². The molecule has 132 valence electrons. The van der Waals surface area contributed by atoms with E-state index in [1.807, 2.05) is 4.90 Å². The van der Waals surface area contributed by atoms with Gasteiger partial charge in [0.05, 0.1) is 18.6 Å². The molecule has 2 heterocycles. The molecule has 1 N–H and O–H groups in total. The molecule has 0 atom stereocenters. The van der Waals surface area contributed by atoms with Gasteiger partial charge in [-0.15, -0.1) is 0 Å². The average molecular weight is 323 g/mol. The predicted molar refractivity (Wildman–Crippen MR) is 94.7 cm³/mol. The number of carbonyl (C=O) groups excluding carboxylic acids is 1. The Hall–Kier alpha value is -1.30. The van der Waals surface area contributed by atoms with Crippen molar-refractivity contribution in [2.75, 3.05) is 45.8 Å². The minimum absolute atomic E-state index is 0.183. The van der Waals surface area contributed by atoms with Gasteiger partial charge in [0.1, 0.15) is 0 Å². The van der Waals surface area contributed by atoms with Crippen molar-refractivity contribution in [1.82, 2.24) is 20.0 Å². The molecule has 0 unspecified atom stereocenters. The first-order chi connectivity index (χ1) is 10.8. The molecule has 0 aliphatic carbocycles. The van der Waals surface area contributed by atoms with Crippen LogP contribution in [0.4, 0.5) is 0 Å². The van der Waals surface area contributed by atoms with Crippen LogP contribution in [0.15, 0.2) is 4.99 Å². The Kier molecular flexibility index (Phi) is 5.89. The van der Waals surface area contributed by atoms with Crippen LogP contribution in [0.1, 0.15) is 41.0 Å². The molecule has 2 saturated heterocycles. The summed E-state index contributed by atoms with van der Waals surface area (Å²) >= 11 is 0. The standard InChI is InChI=1S/C17H33N5O/c1-6-18-16(19-8-11-20-9-7-10-20)21-12-15(23)22(14(2)3)17(4,5)13-21/h14H,6-13H2,1-5H3,(H,18,19). The Morgan fingerprint density at radius 1 is 1.35 bits per heavy atom. The normalized spacial score (nSPS) is 22.5. The minimum atomic E-state index is -0.183. The quantitative estimate of drug-likeness (QED) is 0.605. The highest BCUT2D eigenvalue weighted by Gasteiger charge is 2.40. The van der Waals surface area contributed by atoms with Gasteiger partial charge >= 0.3 is 0 Å². The Balaban J connectivity index is 2.03. The number of likely N-dealkylation sites (tertiary alicyclic amines) is 1. The summed E-state index contributed by atoms with van der Waals surface area (Å²) in [5.74, 6) is 1.06. The molecule has 2 aliphatic rings. The van der Waals surface area contributed by atoms with E-state index in [-0.39, 0.29) is 17.5 Å². The lowest BCUT2D eigenvalue weighted by Crippen LogP contribution is -2.66. The van der Waals surface area contributed by atoms with Gasteiger partial charge in [0.2, 0.25) is 5.91 Å². The molecule has 0 bridgehead atoms. The molecule has 2 aliphatic heterocycles. The number of rotatable bonds is 5. The molecule has 0 saturated carbocycles. The van der Waals surface area contributed by atoms with Gasteiger partial charge in [-0.05, 0) is 54.1 Å². The second kappa shape index (κ2) is 7.51. The summed E-state index contributed by atoms with van der Waals surface area (Å²) in [4.78, 5) is 23.9. The van der Waals surface area contributed by atoms with Gasteiger partial charge in [-0.2, -0.15) is 0 Å². The molecule has 0 aromatic heterocycles. The first kappa shape index (κ1) is 18.0. The van der Waals surface area contributed by atoms with E-state index in [9.17, 15) is 4.79 Å². The lowest BCUT2D eigenvalue weighted by Gasteiger charge is -2.49. The summed E-state index contributed by atoms with van der Waals surface area (Å²) in [6.07, 6.45) is 1.31. The number of nitrogens with zero attached hydrogens (tertiary/aromatic N) is 4. The van der Waals surface area contributed by atoms with Crippen molar-refractivity contribution in [1.29, 1.82) is 0 Å². The van der Waals surface area contributed by atoms with E-state index in [4.69, 9.17) is 4.99 Å². The van der Waals surface area contributed by atoms with Gasteiger partial charge in [-0.1, -0.05) is 0 Å². The van der Waals surface area contributed by atoms with Gasteiger partial charge in [0.15, 0.2) is 5.96 Å². The number of aliphatic imine (C=N–C) groups is 1. The van der Waals surface area contributed by atoms with Crippen molar-refractivity contribution >= 4 is 11.9 Å². The van der Waals surface area contributed by atoms with Crippen LogP contribution in [-0.4, -0.2) is 84.0 Å². The van der Waals surface area contributed by atoms with E-state index in [1.54, 1.807) is 0 Å². The van der Waals surface area contributed by atoms with E-state index < -0.39 is 0 Å². The van der Waals surface area contributed by atoms with Crippen molar-refractivity contribution in [3.63, 3.8) is 0 Å². The smallest absolute Gasteiger partial charge is 0.242 e. The maximum absolute atomic E-state index is 12.6. The molecular formula is C17H33N5O. The third kappa shape index (κ3) is 4.37. The molecular weight excluding hydrogens is 290 g/mol. The Labute approximate surface area is 140 Å². The average Bonchev–Trinajstić information content (AvgIpc) is 2.37. The van der Waals surface area contributed by atoms with Crippen molar-refractivity contribution in [3.8, 4) is 0 Å². The zero-order chi connectivity index (χ0) is 17.0. The van der Waals surface area contributed by atoms with Crippen LogP contribution in [0.5, 0.6) is 0 Å². The maximum Gasteiger partial charge on any atom is 0.242 e. The van der Waals surface area contributed by atoms with Crippen LogP contribution >= 0.6 is 0 Å². The number of hydrogen-bond donors (Lipinski definition) is 1. The summed E-state index contributed by atoms with van der Waals surface area (Å²) in [6, 6.07) is 0.227. The maximum atomic E-state index is 12.6. The fraction of sp³-hybridized carbons (Fsp3) is 0.882. The van der Waals surface area contributed by atoms with Crippen molar-refractivity contribution < 1.29 is 4.79 Å². The van der Waals surface area contributed by atoms with E-state index in [1.165, 1.54) is 19.5 Å². The molecule has 23 heavy (non-hydrogen) atoms. The highest BCUT2D eigenvalue weighted by Crippen LogP contribution is 2.24. The summed E-state index contributed by atoms with van der Waals surface area (Å²) in [7, 11) is 0. The number of amides is 1. The molecule has 0 aromatic rings. The topological polar surface area (TPSA) is 51.2 Å². The van der Waals surface area contributed by atoms with Crippen molar-refractivity contribution in [2.24, 2.45) is 4.99 Å². The zero-order valence-electron chi connectivity index (χ0n) is 15.4. The van der Waals surface area contributed by atoms with Gasteiger partial charge in [0, 0.05) is 25.7 Å². The SMILES string of the molecule is CCNC(=NCCN1CCC1)N1CC(=O)N(C(C)C)C(C)(C)C1. The van der Waals surface area contributed by atoms with Crippen LogP contribution < -0.4 is 5.32 Å². The van der Waals surface area contributed by atoms with Crippen LogP contribution in [0, 0.1) is 0 Å². The first-order valence-electron chi connectivity index (χ1n) is 8.93. The first-order valence-corrected chi connectivity index (χ1v) is 8.93. The Morgan fingerprint density at radius 3 is 2.52 bits per heavy atom. The number of nitrogens with one attached hydrogen (secondary N) is 1. The van der Waals surface area contributed by atoms with Gasteiger partial charge in [-0.3, -0.25) is 9.79 Å². The summed E-state index contributed by atoms with van der Waals surface area (Å²) < 4.78 is 0. The van der Waals surface area contributed by atoms with Crippen LogP contribution in [0.2, 0.25) is 0 Å². The number of carbonyl (C=O) groups is 1. The van der Waals surface area contributed by atoms with Crippen LogP contribution in [0.3, 0.4) is 0 Å². The monoisotopic (exact) mass is 323 g/mol. The number of hydrogen-bond acceptors (Lipinski definition) is 3. The Morgan fingerprint density at radius 2 is 2.04 bits per heavy atom. The van der Waals surface area contributed by atoms with Crippen molar-refractivity contribution in [2.45, 2.75) is 52.6 Å². The second-order valence-corrected chi connectivity index (χ2v) is 7.46. The summed E-state index contributed by atoms with van der Waals surface area (Å²) in [6.45, 7) is 16.8. The number of guanidine groups is 1. The van der Waals surface area contributed by atoms with E-state index >= 15 is 0 Å². The molecule has 6 nitrogen and oxygen atoms in total. The summed E-state index contributed by atoms with van der Waals surface area (Å²) in [5, 5.41) is 3.35. The zero-order valence-corrected chi connectivity index (χ0v) is 15.4. The molecule has 2 rings (SSSR count). The molecule has 0 aromatic carbocycles. The van der Waals surface area contributed by atoms with Crippen molar-refractivity contribution in [3.05, 3.63) is 0 Å². The highest BCUT2D eigenvalue weighted by molar-refractivity contribution is 5.88. The third-order valence-electron chi connectivity index (χ3n) is 4.60. The lowest BCUT2D eigenvalue weighted by molar-refractivity contribution is -0.145. The van der Waals surface area contributed by atoms with Crippen LogP contribution in [-0.2, 0) is 4.79 Å². The lowest BCUT2D eigenvalue weighted by atomic mass is 9.96. The number of piperazine rings is 1. The van der Waals surface area contributed by atoms with E-state index in [0.717, 1.165) is 32.1 Å². The summed E-state index contributed by atoms with van der Waals surface area (Å²) in [5.41, 5.74) is -0.183. The fourth-order valence-electron chi connectivity index (χ4n) is 3.64. The molecule has 1 amide bonds. The third-order valence-corrected chi connectivity index (χ3v) is 4.60. The van der Waals surface area contributed by atoms with Gasteiger partial charge in [-0.25, -0.2) is 0 Å². The predicted octanol–water partition coefficient (Wildman–Crippen LogP) is 0.989. The minimum Gasteiger partial charge on any atom is -0.357 e. The fourth-order valence-corrected chi connectivity index (χ4v) is 3.64. The second-order valence-electron chi connectivity index (χ2n) is 7.46. The molecule has 6 heteroatoms. The largest absolute Gasteiger partial charge is 0.357 e. The Bertz CT molecular complexity index is 442. The molecule has 0 radical (unpaired) electrons. The molecule has 2 fully saturated rings. The molecule has 0 spiro atoms.